The van der Waals surface area contributed by atoms with Gasteiger partial charge in [-0.05, 0) is 19.9 Å². The van der Waals surface area contributed by atoms with Crippen LogP contribution in [0.2, 0.25) is 0 Å². The first-order valence-corrected chi connectivity index (χ1v) is 3.80. The fourth-order valence-corrected chi connectivity index (χ4v) is 1.09. The van der Waals surface area contributed by atoms with E-state index < -0.39 is 0 Å². The summed E-state index contributed by atoms with van der Waals surface area (Å²) in [6, 6.07) is 0.351. The predicted octanol–water partition coefficient (Wildman–Crippen LogP) is 1.35. The summed E-state index contributed by atoms with van der Waals surface area (Å²) >= 11 is 0. The van der Waals surface area contributed by atoms with Crippen LogP contribution in [0.15, 0.2) is 24.4 Å². The Balaban J connectivity index is 2.52. The maximum Gasteiger partial charge on any atom is 0.149 e. The first kappa shape index (κ1) is 8.05. The third-order valence-corrected chi connectivity index (χ3v) is 1.71. The Morgan fingerprint density at radius 1 is 1.55 bits per heavy atom. The largest absolute Gasteiger partial charge is 0.364 e. The SMILES string of the molecule is CC(=O)CN1C=CC=CC1C. The van der Waals surface area contributed by atoms with Crippen molar-refractivity contribution >= 4 is 5.78 Å². The number of carbonyl (C=O) groups excluding carboxylic acids is 1. The van der Waals surface area contributed by atoms with Crippen LogP contribution in [0, 0.1) is 0 Å². The molecule has 1 unspecified atom stereocenters. The second kappa shape index (κ2) is 3.37. The zero-order valence-corrected chi connectivity index (χ0v) is 6.95. The average Bonchev–Trinajstić information content (AvgIpc) is 1.93. The van der Waals surface area contributed by atoms with Crippen molar-refractivity contribution in [3.05, 3.63) is 24.4 Å². The van der Waals surface area contributed by atoms with Gasteiger partial charge in [0.25, 0.3) is 0 Å². The van der Waals surface area contributed by atoms with Crippen LogP contribution in [0.3, 0.4) is 0 Å². The van der Waals surface area contributed by atoms with Gasteiger partial charge in [0, 0.05) is 12.2 Å². The Labute approximate surface area is 67.2 Å². The molecule has 1 aliphatic rings. The molecule has 0 fully saturated rings. The molecule has 0 spiro atoms. The molecule has 2 heteroatoms. The molecule has 2 nitrogen and oxygen atoms in total. The Hall–Kier alpha value is -1.05. The van der Waals surface area contributed by atoms with Gasteiger partial charge < -0.3 is 4.90 Å². The highest BCUT2D eigenvalue weighted by molar-refractivity contribution is 5.77. The molecule has 0 saturated carbocycles. The van der Waals surface area contributed by atoms with Crippen molar-refractivity contribution in [2.24, 2.45) is 0 Å². The smallest absolute Gasteiger partial charge is 0.149 e. The molecule has 60 valence electrons. The van der Waals surface area contributed by atoms with Crippen LogP contribution in [0.1, 0.15) is 13.8 Å². The van der Waals surface area contributed by atoms with Gasteiger partial charge in [-0.1, -0.05) is 12.2 Å². The standard InChI is InChI=1S/C9H13NO/c1-8-5-3-4-6-10(8)7-9(2)11/h3-6,8H,7H2,1-2H3. The molecule has 0 aromatic heterocycles. The van der Waals surface area contributed by atoms with E-state index in [4.69, 9.17) is 0 Å². The molecule has 1 atom stereocenters. The van der Waals surface area contributed by atoms with E-state index >= 15 is 0 Å². The van der Waals surface area contributed by atoms with Gasteiger partial charge in [-0.25, -0.2) is 0 Å². The van der Waals surface area contributed by atoms with E-state index in [9.17, 15) is 4.79 Å². The van der Waals surface area contributed by atoms with Crippen molar-refractivity contribution in [2.75, 3.05) is 6.54 Å². The van der Waals surface area contributed by atoms with Crippen LogP contribution in [0.5, 0.6) is 0 Å². The van der Waals surface area contributed by atoms with Gasteiger partial charge in [0.15, 0.2) is 0 Å². The quantitative estimate of drug-likeness (QED) is 0.593. The van der Waals surface area contributed by atoms with E-state index in [-0.39, 0.29) is 5.78 Å². The Morgan fingerprint density at radius 2 is 2.27 bits per heavy atom. The molecular formula is C9H13NO. The van der Waals surface area contributed by atoms with Crippen molar-refractivity contribution in [3.8, 4) is 0 Å². The molecule has 0 aliphatic carbocycles. The van der Waals surface area contributed by atoms with Crippen LogP contribution < -0.4 is 0 Å². The summed E-state index contributed by atoms with van der Waals surface area (Å²) in [5.74, 6) is 0.205. The van der Waals surface area contributed by atoms with Crippen molar-refractivity contribution in [1.29, 1.82) is 0 Å². The zero-order valence-electron chi connectivity index (χ0n) is 6.95. The molecule has 0 saturated heterocycles. The van der Waals surface area contributed by atoms with E-state index in [0.717, 1.165) is 0 Å². The highest BCUT2D eigenvalue weighted by Crippen LogP contribution is 2.06. The summed E-state index contributed by atoms with van der Waals surface area (Å²) in [4.78, 5) is 12.8. The summed E-state index contributed by atoms with van der Waals surface area (Å²) in [7, 11) is 0. The first-order valence-electron chi connectivity index (χ1n) is 3.80. The van der Waals surface area contributed by atoms with E-state index in [2.05, 4.69) is 13.0 Å². The van der Waals surface area contributed by atoms with Crippen molar-refractivity contribution in [3.63, 3.8) is 0 Å². The Bertz CT molecular complexity index is 206. The van der Waals surface area contributed by atoms with E-state index in [1.165, 1.54) is 0 Å². The second-order valence-corrected chi connectivity index (χ2v) is 2.84. The number of ketones is 1. The Morgan fingerprint density at radius 3 is 2.82 bits per heavy atom. The summed E-state index contributed by atoms with van der Waals surface area (Å²) in [5, 5.41) is 0. The summed E-state index contributed by atoms with van der Waals surface area (Å²) < 4.78 is 0. The molecule has 1 aliphatic heterocycles. The number of nitrogens with zero attached hydrogens (tertiary/aromatic N) is 1. The zero-order chi connectivity index (χ0) is 8.27. The lowest BCUT2D eigenvalue weighted by atomic mass is 10.2. The van der Waals surface area contributed by atoms with Crippen molar-refractivity contribution in [1.82, 2.24) is 4.90 Å². The predicted molar refractivity (Wildman–Crippen MR) is 45.1 cm³/mol. The van der Waals surface area contributed by atoms with Gasteiger partial charge in [0.1, 0.15) is 5.78 Å². The van der Waals surface area contributed by atoms with Crippen molar-refractivity contribution in [2.45, 2.75) is 19.9 Å². The first-order chi connectivity index (χ1) is 5.20. The molecular weight excluding hydrogens is 138 g/mol. The number of hydrogen-bond acceptors (Lipinski definition) is 2. The molecule has 0 aromatic carbocycles. The normalized spacial score (nSPS) is 22.4. The van der Waals surface area contributed by atoms with E-state index in [1.54, 1.807) is 6.92 Å². The fraction of sp³-hybridized carbons (Fsp3) is 0.444. The molecule has 0 N–H and O–H groups in total. The van der Waals surface area contributed by atoms with E-state index in [0.29, 0.717) is 12.6 Å². The lowest BCUT2D eigenvalue weighted by molar-refractivity contribution is -0.117. The molecule has 0 amide bonds. The highest BCUT2D eigenvalue weighted by atomic mass is 16.1. The molecule has 11 heavy (non-hydrogen) atoms. The van der Waals surface area contributed by atoms with Gasteiger partial charge in [0.05, 0.1) is 6.54 Å². The minimum atomic E-state index is 0.205. The molecule has 0 aromatic rings. The van der Waals surface area contributed by atoms with Crippen molar-refractivity contribution < 1.29 is 4.79 Å². The van der Waals surface area contributed by atoms with Crippen LogP contribution in [0.25, 0.3) is 0 Å². The lowest BCUT2D eigenvalue weighted by Gasteiger charge is -2.25. The number of Topliss-reactive ketones (excluding diaryl/α,β-unsaturated/α-hetero) is 1. The van der Waals surface area contributed by atoms with Gasteiger partial charge in [-0.2, -0.15) is 0 Å². The van der Waals surface area contributed by atoms with Crippen LogP contribution >= 0.6 is 0 Å². The maximum absolute atomic E-state index is 10.8. The fourth-order valence-electron chi connectivity index (χ4n) is 1.09. The average molecular weight is 151 g/mol. The minimum Gasteiger partial charge on any atom is -0.364 e. The molecule has 1 rings (SSSR count). The van der Waals surface area contributed by atoms with Gasteiger partial charge in [-0.15, -0.1) is 0 Å². The summed E-state index contributed by atoms with van der Waals surface area (Å²) in [6.45, 7) is 4.20. The molecule has 1 heterocycles. The van der Waals surface area contributed by atoms with E-state index in [1.807, 2.05) is 23.3 Å². The van der Waals surface area contributed by atoms with Crippen LogP contribution in [0.4, 0.5) is 0 Å². The third kappa shape index (κ3) is 2.22. The minimum absolute atomic E-state index is 0.205. The van der Waals surface area contributed by atoms with Gasteiger partial charge in [0.2, 0.25) is 0 Å². The maximum atomic E-state index is 10.8. The monoisotopic (exact) mass is 151 g/mol. The summed E-state index contributed by atoms with van der Waals surface area (Å²) in [6.07, 6.45) is 7.97. The molecule has 0 bridgehead atoms. The third-order valence-electron chi connectivity index (χ3n) is 1.71. The summed E-state index contributed by atoms with van der Waals surface area (Å²) in [5.41, 5.74) is 0. The number of carbonyl (C=O) groups is 1. The highest BCUT2D eigenvalue weighted by Gasteiger charge is 2.09. The second-order valence-electron chi connectivity index (χ2n) is 2.84. The van der Waals surface area contributed by atoms with Crippen LogP contribution in [-0.4, -0.2) is 23.3 Å². The number of rotatable bonds is 2. The van der Waals surface area contributed by atoms with Crippen LogP contribution in [-0.2, 0) is 4.79 Å². The molecule has 0 radical (unpaired) electrons. The Kier molecular flexibility index (Phi) is 2.47. The number of hydrogen-bond donors (Lipinski definition) is 0. The van der Waals surface area contributed by atoms with Gasteiger partial charge >= 0.3 is 0 Å². The number of allylic oxidation sites excluding steroid dienone is 2. The van der Waals surface area contributed by atoms with Gasteiger partial charge in [-0.3, -0.25) is 4.79 Å². The lowest BCUT2D eigenvalue weighted by Crippen LogP contribution is -2.31. The topological polar surface area (TPSA) is 20.3 Å².